The molecule has 0 unspecified atom stereocenters. The molecule has 68 valence electrons. The molecule has 1 aromatic heterocycles. The van der Waals surface area contributed by atoms with Crippen LogP contribution in [0.1, 0.15) is 25.1 Å². The Bertz CT molecular complexity index is 363. The fourth-order valence-corrected chi connectivity index (χ4v) is 1.64. The van der Waals surface area contributed by atoms with E-state index in [1.54, 1.807) is 12.3 Å². The van der Waals surface area contributed by atoms with Crippen LogP contribution < -0.4 is 0 Å². The minimum atomic E-state index is 0.226. The minimum absolute atomic E-state index is 0.226. The summed E-state index contributed by atoms with van der Waals surface area (Å²) in [6.45, 7) is 0. The Morgan fingerprint density at radius 2 is 2.31 bits per heavy atom. The van der Waals surface area contributed by atoms with Crippen LogP contribution >= 0.6 is 0 Å². The maximum absolute atomic E-state index is 11.2. The van der Waals surface area contributed by atoms with Crippen molar-refractivity contribution in [3.8, 4) is 0 Å². The van der Waals surface area contributed by atoms with Gasteiger partial charge in [0.15, 0.2) is 5.78 Å². The summed E-state index contributed by atoms with van der Waals surface area (Å²) in [6.07, 6.45) is 8.00. The highest BCUT2D eigenvalue weighted by atomic mass is 16.1. The minimum Gasteiger partial charge on any atom is -0.334 e. The summed E-state index contributed by atoms with van der Waals surface area (Å²) in [5.41, 5.74) is 1.07. The Hall–Kier alpha value is -1.38. The van der Waals surface area contributed by atoms with E-state index >= 15 is 0 Å². The molecule has 0 radical (unpaired) electrons. The van der Waals surface area contributed by atoms with E-state index in [9.17, 15) is 4.79 Å². The Balaban J connectivity index is 2.36. The third kappa shape index (κ3) is 1.54. The number of carbonyl (C=O) groups is 1. The zero-order valence-corrected chi connectivity index (χ0v) is 7.66. The largest absolute Gasteiger partial charge is 0.334 e. The number of rotatable bonds is 1. The van der Waals surface area contributed by atoms with Crippen molar-refractivity contribution in [2.45, 2.75) is 19.3 Å². The molecular weight excluding hydrogens is 164 g/mol. The molecule has 0 fully saturated rings. The number of imidazole rings is 1. The predicted molar refractivity (Wildman–Crippen MR) is 50.0 cm³/mol. The van der Waals surface area contributed by atoms with Gasteiger partial charge in [-0.25, -0.2) is 4.98 Å². The number of ketones is 1. The zero-order chi connectivity index (χ0) is 9.26. The van der Waals surface area contributed by atoms with Crippen LogP contribution in [0.2, 0.25) is 0 Å². The van der Waals surface area contributed by atoms with Gasteiger partial charge in [0, 0.05) is 25.9 Å². The highest BCUT2D eigenvalue weighted by Gasteiger charge is 2.13. The first-order valence-electron chi connectivity index (χ1n) is 4.48. The van der Waals surface area contributed by atoms with Crippen molar-refractivity contribution < 1.29 is 4.79 Å². The SMILES string of the molecule is Cn1ccnc1C1=CC(=O)CCC1. The van der Waals surface area contributed by atoms with Crippen LogP contribution in [0.25, 0.3) is 5.57 Å². The second kappa shape index (κ2) is 3.17. The van der Waals surface area contributed by atoms with Gasteiger partial charge in [-0.3, -0.25) is 4.79 Å². The second-order valence-corrected chi connectivity index (χ2v) is 3.35. The number of allylic oxidation sites excluding steroid dienone is 2. The molecule has 0 amide bonds. The number of aryl methyl sites for hydroxylation is 1. The van der Waals surface area contributed by atoms with Crippen LogP contribution in [0, 0.1) is 0 Å². The molecule has 1 heterocycles. The summed E-state index contributed by atoms with van der Waals surface area (Å²) >= 11 is 0. The van der Waals surface area contributed by atoms with Gasteiger partial charge in [0.05, 0.1) is 0 Å². The molecule has 0 bridgehead atoms. The maximum Gasteiger partial charge on any atom is 0.156 e. The monoisotopic (exact) mass is 176 g/mol. The summed E-state index contributed by atoms with van der Waals surface area (Å²) in [7, 11) is 1.95. The summed E-state index contributed by atoms with van der Waals surface area (Å²) < 4.78 is 1.95. The van der Waals surface area contributed by atoms with Crippen molar-refractivity contribution in [2.75, 3.05) is 0 Å². The summed E-state index contributed by atoms with van der Waals surface area (Å²) in [6, 6.07) is 0. The average molecular weight is 176 g/mol. The second-order valence-electron chi connectivity index (χ2n) is 3.35. The van der Waals surface area contributed by atoms with E-state index < -0.39 is 0 Å². The van der Waals surface area contributed by atoms with Crippen LogP contribution in [0.5, 0.6) is 0 Å². The van der Waals surface area contributed by atoms with Gasteiger partial charge in [-0.15, -0.1) is 0 Å². The van der Waals surface area contributed by atoms with Gasteiger partial charge in [0.1, 0.15) is 5.82 Å². The van der Waals surface area contributed by atoms with E-state index in [-0.39, 0.29) is 5.78 Å². The lowest BCUT2D eigenvalue weighted by molar-refractivity contribution is -0.114. The number of hydrogen-bond acceptors (Lipinski definition) is 2. The first kappa shape index (κ1) is 8.23. The molecule has 0 saturated carbocycles. The quantitative estimate of drug-likeness (QED) is 0.650. The molecule has 1 aromatic rings. The van der Waals surface area contributed by atoms with E-state index in [1.165, 1.54) is 0 Å². The molecule has 0 atom stereocenters. The Morgan fingerprint density at radius 3 is 2.92 bits per heavy atom. The highest BCUT2D eigenvalue weighted by Crippen LogP contribution is 2.23. The van der Waals surface area contributed by atoms with E-state index in [4.69, 9.17) is 0 Å². The van der Waals surface area contributed by atoms with Gasteiger partial charge in [-0.05, 0) is 24.5 Å². The van der Waals surface area contributed by atoms with Gasteiger partial charge in [-0.1, -0.05) is 0 Å². The van der Waals surface area contributed by atoms with E-state index in [0.717, 1.165) is 24.2 Å². The molecule has 0 saturated heterocycles. The van der Waals surface area contributed by atoms with Crippen LogP contribution in [0.15, 0.2) is 18.5 Å². The van der Waals surface area contributed by atoms with Gasteiger partial charge < -0.3 is 4.57 Å². The van der Waals surface area contributed by atoms with Gasteiger partial charge in [0.2, 0.25) is 0 Å². The fraction of sp³-hybridized carbons (Fsp3) is 0.400. The molecule has 0 N–H and O–H groups in total. The summed E-state index contributed by atoms with van der Waals surface area (Å²) in [5, 5.41) is 0. The first-order valence-corrected chi connectivity index (χ1v) is 4.48. The average Bonchev–Trinajstić information content (AvgIpc) is 2.51. The molecule has 0 aliphatic heterocycles. The third-order valence-corrected chi connectivity index (χ3v) is 2.31. The predicted octanol–water partition coefficient (Wildman–Crippen LogP) is 1.56. The van der Waals surface area contributed by atoms with Crippen molar-refractivity contribution in [2.24, 2.45) is 7.05 Å². The number of nitrogens with zero attached hydrogens (tertiary/aromatic N) is 2. The first-order chi connectivity index (χ1) is 6.27. The van der Waals surface area contributed by atoms with Crippen LogP contribution in [0.3, 0.4) is 0 Å². The lowest BCUT2D eigenvalue weighted by Crippen LogP contribution is -2.05. The van der Waals surface area contributed by atoms with Gasteiger partial charge in [0.25, 0.3) is 0 Å². The smallest absolute Gasteiger partial charge is 0.156 e. The highest BCUT2D eigenvalue weighted by molar-refractivity contribution is 5.97. The van der Waals surface area contributed by atoms with E-state index in [2.05, 4.69) is 4.98 Å². The Morgan fingerprint density at radius 1 is 1.46 bits per heavy atom. The van der Waals surface area contributed by atoms with E-state index in [0.29, 0.717) is 6.42 Å². The van der Waals surface area contributed by atoms with Crippen molar-refractivity contribution in [3.05, 3.63) is 24.3 Å². The maximum atomic E-state index is 11.2. The summed E-state index contributed by atoms with van der Waals surface area (Å²) in [4.78, 5) is 15.4. The Kier molecular flexibility index (Phi) is 2.00. The van der Waals surface area contributed by atoms with Crippen LogP contribution in [-0.4, -0.2) is 15.3 Å². The van der Waals surface area contributed by atoms with Crippen molar-refractivity contribution in [1.29, 1.82) is 0 Å². The standard InChI is InChI=1S/C10H12N2O/c1-12-6-5-11-10(12)8-3-2-4-9(13)7-8/h5-7H,2-4H2,1H3. The molecule has 1 aliphatic carbocycles. The molecule has 3 heteroatoms. The normalized spacial score (nSPS) is 17.3. The van der Waals surface area contributed by atoms with Gasteiger partial charge >= 0.3 is 0 Å². The van der Waals surface area contributed by atoms with Gasteiger partial charge in [-0.2, -0.15) is 0 Å². The summed E-state index contributed by atoms with van der Waals surface area (Å²) in [5.74, 6) is 1.15. The fourth-order valence-electron chi connectivity index (χ4n) is 1.64. The van der Waals surface area contributed by atoms with Crippen molar-refractivity contribution in [1.82, 2.24) is 9.55 Å². The Labute approximate surface area is 77.1 Å². The van der Waals surface area contributed by atoms with E-state index in [1.807, 2.05) is 17.8 Å². The molecule has 13 heavy (non-hydrogen) atoms. The molecule has 2 rings (SSSR count). The number of carbonyl (C=O) groups excluding carboxylic acids is 1. The lowest BCUT2D eigenvalue weighted by atomic mass is 9.98. The lowest BCUT2D eigenvalue weighted by Gasteiger charge is -2.11. The van der Waals surface area contributed by atoms with Crippen LogP contribution in [-0.2, 0) is 11.8 Å². The molecular formula is C10H12N2O. The third-order valence-electron chi connectivity index (χ3n) is 2.31. The molecule has 3 nitrogen and oxygen atoms in total. The number of hydrogen-bond donors (Lipinski definition) is 0. The molecule has 0 aromatic carbocycles. The van der Waals surface area contributed by atoms with Crippen molar-refractivity contribution >= 4 is 11.4 Å². The molecule has 0 spiro atoms. The van der Waals surface area contributed by atoms with Crippen molar-refractivity contribution in [3.63, 3.8) is 0 Å². The van der Waals surface area contributed by atoms with Crippen LogP contribution in [0.4, 0.5) is 0 Å². The number of aromatic nitrogens is 2. The molecule has 1 aliphatic rings. The zero-order valence-electron chi connectivity index (χ0n) is 7.66. The topological polar surface area (TPSA) is 34.9 Å².